The highest BCUT2D eigenvalue weighted by atomic mass is 32.1. The van der Waals surface area contributed by atoms with Crippen LogP contribution in [0.4, 0.5) is 5.69 Å². The smallest absolute Gasteiger partial charge is 0.275 e. The van der Waals surface area contributed by atoms with E-state index in [1.165, 1.54) is 23.3 Å². The number of carbonyl (C=O) groups excluding carboxylic acids is 1. The van der Waals surface area contributed by atoms with Crippen LogP contribution in [0.25, 0.3) is 0 Å². The monoisotopic (exact) mass is 299 g/mol. The fourth-order valence-electron chi connectivity index (χ4n) is 3.23. The largest absolute Gasteiger partial charge is 0.397 e. The van der Waals surface area contributed by atoms with E-state index >= 15 is 0 Å². The zero-order chi connectivity index (χ0) is 14.4. The van der Waals surface area contributed by atoms with Crippen molar-refractivity contribution in [1.29, 1.82) is 0 Å². The van der Waals surface area contributed by atoms with Crippen LogP contribution in [0.15, 0.2) is 29.8 Å². The van der Waals surface area contributed by atoms with Gasteiger partial charge in [0.2, 0.25) is 0 Å². The molecule has 4 nitrogen and oxygen atoms in total. The number of rotatable bonds is 2. The molecule has 108 valence electrons. The first-order valence-corrected chi connectivity index (χ1v) is 8.21. The Kier molecular flexibility index (Phi) is 2.96. The second-order valence-electron chi connectivity index (χ2n) is 5.77. The van der Waals surface area contributed by atoms with Gasteiger partial charge >= 0.3 is 0 Å². The number of hydrogen-bond donors (Lipinski definition) is 1. The number of aromatic nitrogens is 1. The Morgan fingerprint density at radius 1 is 1.38 bits per heavy atom. The first-order valence-electron chi connectivity index (χ1n) is 7.33. The van der Waals surface area contributed by atoms with Crippen molar-refractivity contribution in [3.05, 3.63) is 45.9 Å². The van der Waals surface area contributed by atoms with Gasteiger partial charge < -0.3 is 10.6 Å². The summed E-state index contributed by atoms with van der Waals surface area (Å²) >= 11 is 1.81. The zero-order valence-electron chi connectivity index (χ0n) is 11.7. The van der Waals surface area contributed by atoms with E-state index in [0.29, 0.717) is 17.3 Å². The van der Waals surface area contributed by atoms with E-state index in [0.717, 1.165) is 13.0 Å². The van der Waals surface area contributed by atoms with Gasteiger partial charge in [-0.2, -0.15) is 0 Å². The molecular weight excluding hydrogens is 282 g/mol. The molecule has 4 rings (SSSR count). The molecule has 1 aliphatic heterocycles. The van der Waals surface area contributed by atoms with Gasteiger partial charge in [0, 0.05) is 17.6 Å². The maximum absolute atomic E-state index is 12.9. The lowest BCUT2D eigenvalue weighted by atomic mass is 9.95. The van der Waals surface area contributed by atoms with Crippen LogP contribution in [0.2, 0.25) is 0 Å². The molecule has 3 heterocycles. The number of thiophene rings is 1. The molecule has 5 heteroatoms. The fourth-order valence-corrected chi connectivity index (χ4v) is 4.14. The molecule has 1 unspecified atom stereocenters. The molecule has 0 spiro atoms. The predicted molar refractivity (Wildman–Crippen MR) is 83.2 cm³/mol. The second-order valence-corrected chi connectivity index (χ2v) is 6.77. The fraction of sp³-hybridized carbons (Fsp3) is 0.375. The Labute approximate surface area is 127 Å². The molecule has 1 fully saturated rings. The summed E-state index contributed by atoms with van der Waals surface area (Å²) in [6, 6.07) is 5.91. The highest BCUT2D eigenvalue weighted by Crippen LogP contribution is 2.48. The van der Waals surface area contributed by atoms with Gasteiger partial charge in [-0.25, -0.2) is 4.98 Å². The number of hydrogen-bond acceptors (Lipinski definition) is 4. The van der Waals surface area contributed by atoms with Crippen LogP contribution in [0.5, 0.6) is 0 Å². The number of fused-ring (bicyclic) bond motifs is 1. The number of nitrogen functional groups attached to an aromatic ring is 1. The quantitative estimate of drug-likeness (QED) is 0.927. The van der Waals surface area contributed by atoms with E-state index in [9.17, 15) is 4.79 Å². The normalized spacial score (nSPS) is 21.1. The molecule has 2 aliphatic rings. The van der Waals surface area contributed by atoms with Gasteiger partial charge in [-0.15, -0.1) is 11.3 Å². The number of anilines is 1. The van der Waals surface area contributed by atoms with Gasteiger partial charge in [-0.05, 0) is 54.3 Å². The summed E-state index contributed by atoms with van der Waals surface area (Å²) in [6.45, 7) is 0.767. The maximum Gasteiger partial charge on any atom is 0.275 e. The summed E-state index contributed by atoms with van der Waals surface area (Å²) in [5, 5.41) is 2.14. The van der Waals surface area contributed by atoms with Gasteiger partial charge in [-0.1, -0.05) is 0 Å². The SMILES string of the molecule is Nc1cccnc1C(=O)N1CCc2sccc2C1C1CC1. The van der Waals surface area contributed by atoms with Crippen molar-refractivity contribution in [1.82, 2.24) is 9.88 Å². The van der Waals surface area contributed by atoms with E-state index < -0.39 is 0 Å². The lowest BCUT2D eigenvalue weighted by molar-refractivity contribution is 0.0632. The van der Waals surface area contributed by atoms with Gasteiger partial charge in [0.15, 0.2) is 5.69 Å². The molecule has 0 bridgehead atoms. The van der Waals surface area contributed by atoms with Crippen LogP contribution in [0.3, 0.4) is 0 Å². The van der Waals surface area contributed by atoms with E-state index in [1.807, 2.05) is 16.2 Å². The first kappa shape index (κ1) is 12.8. The molecule has 0 saturated heterocycles. The molecule has 1 saturated carbocycles. The molecule has 0 radical (unpaired) electrons. The Morgan fingerprint density at radius 2 is 2.24 bits per heavy atom. The number of nitrogens with zero attached hydrogens (tertiary/aromatic N) is 2. The van der Waals surface area contributed by atoms with Gasteiger partial charge in [0.25, 0.3) is 5.91 Å². The summed E-state index contributed by atoms with van der Waals surface area (Å²) in [5.74, 6) is 0.578. The average molecular weight is 299 g/mol. The number of nitrogens with two attached hydrogens (primary N) is 1. The Hall–Kier alpha value is -1.88. The molecule has 1 atom stereocenters. The minimum Gasteiger partial charge on any atom is -0.397 e. The van der Waals surface area contributed by atoms with E-state index in [-0.39, 0.29) is 11.9 Å². The molecular formula is C16H17N3OS. The van der Waals surface area contributed by atoms with Crippen LogP contribution in [-0.2, 0) is 6.42 Å². The minimum atomic E-state index is -0.0261. The van der Waals surface area contributed by atoms with Gasteiger partial charge in [0.05, 0.1) is 11.7 Å². The summed E-state index contributed by atoms with van der Waals surface area (Å²) in [4.78, 5) is 20.5. The topological polar surface area (TPSA) is 59.2 Å². The maximum atomic E-state index is 12.9. The average Bonchev–Trinajstić information content (AvgIpc) is 3.22. The van der Waals surface area contributed by atoms with Crippen LogP contribution < -0.4 is 5.73 Å². The number of carbonyl (C=O) groups is 1. The molecule has 2 aromatic rings. The highest BCUT2D eigenvalue weighted by molar-refractivity contribution is 7.10. The molecule has 21 heavy (non-hydrogen) atoms. The van der Waals surface area contributed by atoms with Crippen molar-refractivity contribution < 1.29 is 4.79 Å². The Morgan fingerprint density at radius 3 is 3.00 bits per heavy atom. The summed E-state index contributed by atoms with van der Waals surface area (Å²) in [5.41, 5.74) is 8.13. The van der Waals surface area contributed by atoms with Crippen molar-refractivity contribution in [2.45, 2.75) is 25.3 Å². The zero-order valence-corrected chi connectivity index (χ0v) is 12.5. The van der Waals surface area contributed by atoms with Gasteiger partial charge in [0.1, 0.15) is 0 Å². The molecule has 1 amide bonds. The van der Waals surface area contributed by atoms with Crippen LogP contribution in [0, 0.1) is 5.92 Å². The standard InChI is InChI=1S/C16H17N3OS/c17-12-2-1-7-18-14(12)16(20)19-8-5-13-11(6-9-21-13)15(19)10-3-4-10/h1-2,6-7,9-10,15H,3-5,8,17H2. The van der Waals surface area contributed by atoms with Crippen molar-refractivity contribution in [3.63, 3.8) is 0 Å². The Bertz CT molecular complexity index is 692. The van der Waals surface area contributed by atoms with Gasteiger partial charge in [-0.3, -0.25) is 4.79 Å². The van der Waals surface area contributed by atoms with E-state index in [2.05, 4.69) is 16.4 Å². The Balaban J connectivity index is 1.71. The number of pyridine rings is 1. The third-order valence-electron chi connectivity index (χ3n) is 4.38. The third-order valence-corrected chi connectivity index (χ3v) is 5.38. The van der Waals surface area contributed by atoms with E-state index in [4.69, 9.17) is 5.73 Å². The summed E-state index contributed by atoms with van der Waals surface area (Å²) < 4.78 is 0. The second kappa shape index (κ2) is 4.84. The molecule has 0 aromatic carbocycles. The number of amides is 1. The lowest BCUT2D eigenvalue weighted by Gasteiger charge is -2.36. The van der Waals surface area contributed by atoms with Crippen molar-refractivity contribution in [2.75, 3.05) is 12.3 Å². The molecule has 1 aliphatic carbocycles. The van der Waals surface area contributed by atoms with Crippen LogP contribution in [0.1, 0.15) is 39.8 Å². The first-order chi connectivity index (χ1) is 10.3. The van der Waals surface area contributed by atoms with Crippen molar-refractivity contribution in [3.8, 4) is 0 Å². The highest BCUT2D eigenvalue weighted by Gasteiger charge is 2.42. The summed E-state index contributed by atoms with van der Waals surface area (Å²) in [6.07, 6.45) is 4.99. The van der Waals surface area contributed by atoms with Crippen molar-refractivity contribution >= 4 is 22.9 Å². The van der Waals surface area contributed by atoms with Crippen LogP contribution in [-0.4, -0.2) is 22.3 Å². The van der Waals surface area contributed by atoms with Crippen LogP contribution >= 0.6 is 11.3 Å². The minimum absolute atomic E-state index is 0.0261. The lowest BCUT2D eigenvalue weighted by Crippen LogP contribution is -2.41. The third kappa shape index (κ3) is 2.12. The molecule has 2 N–H and O–H groups in total. The summed E-state index contributed by atoms with van der Waals surface area (Å²) in [7, 11) is 0. The molecule has 2 aromatic heterocycles. The predicted octanol–water partition coefficient (Wildman–Crippen LogP) is 2.87. The van der Waals surface area contributed by atoms with E-state index in [1.54, 1.807) is 18.3 Å². The van der Waals surface area contributed by atoms with Crippen molar-refractivity contribution in [2.24, 2.45) is 5.92 Å².